The number of esters is 2. The second-order valence-corrected chi connectivity index (χ2v) is 12.4. The first-order valence-corrected chi connectivity index (χ1v) is 14.0. The third-order valence-electron chi connectivity index (χ3n) is 7.10. The molecule has 2 aliphatic rings. The Hall–Kier alpha value is -3.12. The third kappa shape index (κ3) is 5.91. The van der Waals surface area contributed by atoms with Crippen LogP contribution in [-0.2, 0) is 28.9 Å². The van der Waals surface area contributed by atoms with Crippen molar-refractivity contribution in [3.63, 3.8) is 0 Å². The molecule has 2 unspecified atom stereocenters. The van der Waals surface area contributed by atoms with Crippen molar-refractivity contribution in [1.29, 1.82) is 0 Å². The monoisotopic (exact) mass is 587 g/mol. The van der Waals surface area contributed by atoms with Gasteiger partial charge in [-0.15, -0.1) is 0 Å². The van der Waals surface area contributed by atoms with E-state index < -0.39 is 67.8 Å². The highest BCUT2D eigenvalue weighted by Crippen LogP contribution is 2.52. The molecule has 2 saturated carbocycles. The lowest BCUT2D eigenvalue weighted by molar-refractivity contribution is -0.177. The van der Waals surface area contributed by atoms with Crippen molar-refractivity contribution < 1.29 is 45.4 Å². The van der Waals surface area contributed by atoms with Crippen LogP contribution < -0.4 is 5.32 Å². The fourth-order valence-corrected chi connectivity index (χ4v) is 8.58. The van der Waals surface area contributed by atoms with Gasteiger partial charge in [-0.2, -0.15) is 0 Å². The van der Waals surface area contributed by atoms with Crippen LogP contribution in [0.5, 0.6) is 0 Å². The number of hydrogen-bond acceptors (Lipinski definition) is 7. The molecule has 4 atom stereocenters. The molecule has 39 heavy (non-hydrogen) atoms. The van der Waals surface area contributed by atoms with E-state index in [4.69, 9.17) is 21.1 Å². The number of fused-ring (bicyclic) bond motifs is 2. The highest BCUT2D eigenvalue weighted by atomic mass is 35.5. The van der Waals surface area contributed by atoms with Crippen LogP contribution >= 0.6 is 11.6 Å². The van der Waals surface area contributed by atoms with Crippen LogP contribution in [-0.4, -0.2) is 43.7 Å². The van der Waals surface area contributed by atoms with Crippen LogP contribution in [0.1, 0.15) is 49.9 Å². The van der Waals surface area contributed by atoms with E-state index in [1.54, 1.807) is 0 Å². The quantitative estimate of drug-likeness (QED) is 0.364. The first-order chi connectivity index (χ1) is 18.2. The van der Waals surface area contributed by atoms with Crippen LogP contribution in [0.2, 0.25) is 5.02 Å². The lowest BCUT2D eigenvalue weighted by Gasteiger charge is -2.42. The third-order valence-corrected chi connectivity index (χ3v) is 9.98. The highest BCUT2D eigenvalue weighted by molar-refractivity contribution is 7.92. The number of sulfone groups is 1. The first-order valence-electron chi connectivity index (χ1n) is 12.0. The molecule has 0 spiro atoms. The lowest BCUT2D eigenvalue weighted by atomic mass is 9.77. The number of halogens is 4. The normalized spacial score (nSPS) is 24.2. The van der Waals surface area contributed by atoms with E-state index in [1.165, 1.54) is 26.0 Å². The number of carbonyl (C=O) groups is 3. The Kier molecular flexibility index (Phi) is 8.00. The molecule has 0 radical (unpaired) electrons. The molecule has 8 nitrogen and oxygen atoms in total. The summed E-state index contributed by atoms with van der Waals surface area (Å²) in [5, 5.41) is 1.20. The minimum Gasteiger partial charge on any atom is -0.462 e. The molecule has 0 saturated heterocycles. The Balaban J connectivity index is 1.61. The molecule has 2 aliphatic carbocycles. The zero-order chi connectivity index (χ0) is 28.7. The Bertz CT molecular complexity index is 1410. The summed E-state index contributed by atoms with van der Waals surface area (Å²) < 4.78 is 78.8. The van der Waals surface area contributed by atoms with Crippen molar-refractivity contribution in [2.24, 2.45) is 11.8 Å². The molecule has 2 aromatic rings. The SMILES string of the molecule is CC(=O)OC[C@]1(OC(C)=O)CC2CC[C@@H](C1)C2S(=O)(=O)c1cc(C(=O)Nc2cc(F)c(F)c(F)c2)ccc1Cl. The number of hydrogen-bond donors (Lipinski definition) is 1. The highest BCUT2D eigenvalue weighted by Gasteiger charge is 2.56. The molecular formula is C26H25ClF3NO7S. The number of ether oxygens (including phenoxy) is 2. The molecule has 0 aliphatic heterocycles. The summed E-state index contributed by atoms with van der Waals surface area (Å²) in [5.41, 5.74) is -1.67. The molecule has 2 bridgehead atoms. The van der Waals surface area contributed by atoms with Crippen LogP contribution in [0, 0.1) is 29.3 Å². The minimum atomic E-state index is -4.12. The molecule has 210 valence electrons. The molecular weight excluding hydrogens is 563 g/mol. The summed E-state index contributed by atoms with van der Waals surface area (Å²) in [6.45, 7) is 2.26. The van der Waals surface area contributed by atoms with E-state index in [9.17, 15) is 36.0 Å². The van der Waals surface area contributed by atoms with Gasteiger partial charge < -0.3 is 14.8 Å². The molecule has 2 fully saturated rings. The van der Waals surface area contributed by atoms with Gasteiger partial charge in [-0.3, -0.25) is 14.4 Å². The maximum absolute atomic E-state index is 13.9. The van der Waals surface area contributed by atoms with Gasteiger partial charge in [0, 0.05) is 37.2 Å². The zero-order valence-electron chi connectivity index (χ0n) is 20.9. The van der Waals surface area contributed by atoms with Crippen LogP contribution in [0.25, 0.3) is 0 Å². The fraction of sp³-hybridized carbons (Fsp3) is 0.423. The number of rotatable bonds is 7. The van der Waals surface area contributed by atoms with Gasteiger partial charge >= 0.3 is 11.9 Å². The second kappa shape index (κ2) is 10.8. The number of amides is 1. The predicted molar refractivity (Wildman–Crippen MR) is 133 cm³/mol. The van der Waals surface area contributed by atoms with Crippen molar-refractivity contribution in [1.82, 2.24) is 0 Å². The number of carbonyl (C=O) groups excluding carboxylic acids is 3. The number of nitrogens with one attached hydrogen (secondary N) is 1. The van der Waals surface area contributed by atoms with Crippen molar-refractivity contribution in [3.05, 3.63) is 58.4 Å². The average molecular weight is 588 g/mol. The molecule has 1 amide bonds. The summed E-state index contributed by atoms with van der Waals surface area (Å²) in [5.74, 6) is -7.62. The Morgan fingerprint density at radius 3 is 2.13 bits per heavy atom. The van der Waals surface area contributed by atoms with E-state index in [0.717, 1.165) is 6.07 Å². The topological polar surface area (TPSA) is 116 Å². The summed E-state index contributed by atoms with van der Waals surface area (Å²) in [4.78, 5) is 35.7. The largest absolute Gasteiger partial charge is 0.462 e. The van der Waals surface area contributed by atoms with Crippen molar-refractivity contribution in [2.45, 2.75) is 55.3 Å². The Morgan fingerprint density at radius 2 is 1.59 bits per heavy atom. The molecule has 4 rings (SSSR count). The zero-order valence-corrected chi connectivity index (χ0v) is 22.5. The van der Waals surface area contributed by atoms with Gasteiger partial charge in [-0.25, -0.2) is 21.6 Å². The number of benzene rings is 2. The first kappa shape index (κ1) is 28.9. The van der Waals surface area contributed by atoms with Crippen molar-refractivity contribution in [3.8, 4) is 0 Å². The Morgan fingerprint density at radius 1 is 1.00 bits per heavy atom. The summed E-state index contributed by atoms with van der Waals surface area (Å²) in [6.07, 6.45) is 1.35. The Labute approximate surface area is 227 Å². The van der Waals surface area contributed by atoms with Crippen LogP contribution in [0.4, 0.5) is 18.9 Å². The van der Waals surface area contributed by atoms with Crippen molar-refractivity contribution in [2.75, 3.05) is 11.9 Å². The maximum atomic E-state index is 13.9. The molecule has 0 heterocycles. The second-order valence-electron chi connectivity index (χ2n) is 9.93. The summed E-state index contributed by atoms with van der Waals surface area (Å²) in [6, 6.07) is 4.73. The lowest BCUT2D eigenvalue weighted by Crippen LogP contribution is -2.51. The molecule has 13 heteroatoms. The summed E-state index contributed by atoms with van der Waals surface area (Å²) >= 11 is 6.27. The van der Waals surface area contributed by atoms with Gasteiger partial charge in [-0.05, 0) is 55.7 Å². The van der Waals surface area contributed by atoms with E-state index in [0.29, 0.717) is 25.0 Å². The van der Waals surface area contributed by atoms with E-state index in [1.807, 2.05) is 0 Å². The van der Waals surface area contributed by atoms with Gasteiger partial charge in [0.25, 0.3) is 5.91 Å². The van der Waals surface area contributed by atoms with Gasteiger partial charge in [0.2, 0.25) is 0 Å². The molecule has 1 N–H and O–H groups in total. The van der Waals surface area contributed by atoms with E-state index in [2.05, 4.69) is 5.32 Å². The van der Waals surface area contributed by atoms with Gasteiger partial charge in [0.1, 0.15) is 12.2 Å². The smallest absolute Gasteiger partial charge is 0.303 e. The van der Waals surface area contributed by atoms with E-state index in [-0.39, 0.29) is 40.6 Å². The van der Waals surface area contributed by atoms with E-state index >= 15 is 0 Å². The van der Waals surface area contributed by atoms with Crippen LogP contribution in [0.3, 0.4) is 0 Å². The van der Waals surface area contributed by atoms with Crippen LogP contribution in [0.15, 0.2) is 35.2 Å². The summed E-state index contributed by atoms with van der Waals surface area (Å²) in [7, 11) is -4.12. The number of anilines is 1. The average Bonchev–Trinajstić information content (AvgIpc) is 3.14. The van der Waals surface area contributed by atoms with Gasteiger partial charge in [0.05, 0.1) is 15.2 Å². The standard InChI is InChI=1S/C26H25ClF3NO7S/c1-13(32)37-12-26(38-14(2)33)10-16-3-4-17(11-26)24(16)39(35,36)22-7-15(5-6-19(22)27)25(34)31-18-8-20(28)23(30)21(29)9-18/h5-9,16-17,24H,3-4,10-12H2,1-2H3,(H,31,34)/t16-,17?,24?,26+/m0/s1. The van der Waals surface area contributed by atoms with Crippen molar-refractivity contribution >= 4 is 45.0 Å². The van der Waals surface area contributed by atoms with Gasteiger partial charge in [-0.1, -0.05) is 11.6 Å². The molecule has 2 aromatic carbocycles. The minimum absolute atomic E-state index is 0.124. The van der Waals surface area contributed by atoms with Gasteiger partial charge in [0.15, 0.2) is 27.3 Å². The predicted octanol–water partition coefficient (Wildman–Crippen LogP) is 4.84. The maximum Gasteiger partial charge on any atom is 0.303 e. The molecule has 0 aromatic heterocycles. The fourth-order valence-electron chi connectivity index (χ4n) is 5.73.